The molecule has 1 aromatic carbocycles. The second-order valence-corrected chi connectivity index (χ2v) is 9.45. The van der Waals surface area contributed by atoms with Crippen molar-refractivity contribution in [1.29, 1.82) is 0 Å². The molecule has 3 saturated heterocycles. The molecule has 3 fully saturated rings. The van der Waals surface area contributed by atoms with E-state index in [0.717, 1.165) is 68.8 Å². The van der Waals surface area contributed by atoms with Gasteiger partial charge in [0.15, 0.2) is 0 Å². The number of rotatable bonds is 6. The van der Waals surface area contributed by atoms with Crippen LogP contribution in [0.15, 0.2) is 24.3 Å². The number of nitrogens with zero attached hydrogens (tertiary/aromatic N) is 3. The van der Waals surface area contributed by atoms with Crippen molar-refractivity contribution >= 4 is 16.9 Å². The van der Waals surface area contributed by atoms with Crippen molar-refractivity contribution in [2.75, 3.05) is 39.4 Å². The van der Waals surface area contributed by atoms with E-state index in [-0.39, 0.29) is 11.9 Å². The predicted octanol–water partition coefficient (Wildman–Crippen LogP) is 1.30. The standard InChI is InChI=1S/C24H35N5O3/c30-19-15-22(24(31)25-10-5-23-26-20-3-1-2-4-21(20)27-23)29(16-19)18-6-11-28(12-7-18)17-8-13-32-14-9-17/h1-4,17-19,22,30H,5-16H2,(H,25,31)(H,26,27)/t19-,22+/m1/s1. The molecule has 2 atom stereocenters. The van der Waals surface area contributed by atoms with Crippen molar-refractivity contribution < 1.29 is 14.6 Å². The van der Waals surface area contributed by atoms with E-state index in [1.165, 1.54) is 0 Å². The number of hydrogen-bond donors (Lipinski definition) is 3. The smallest absolute Gasteiger partial charge is 0.237 e. The quantitative estimate of drug-likeness (QED) is 0.626. The highest BCUT2D eigenvalue weighted by atomic mass is 16.5. The average Bonchev–Trinajstić information content (AvgIpc) is 3.43. The Labute approximate surface area is 189 Å². The number of H-pyrrole nitrogens is 1. The minimum absolute atomic E-state index is 0.0320. The molecule has 32 heavy (non-hydrogen) atoms. The number of imidazole rings is 1. The SMILES string of the molecule is O=C(NCCc1nc2ccccc2[nH]1)[C@@H]1C[C@@H](O)CN1C1CCN(C2CCOCC2)CC1. The molecule has 2 aromatic rings. The molecule has 3 aliphatic heterocycles. The first kappa shape index (κ1) is 21.8. The maximum Gasteiger partial charge on any atom is 0.237 e. The molecule has 4 heterocycles. The van der Waals surface area contributed by atoms with Gasteiger partial charge in [0.05, 0.1) is 23.2 Å². The first-order valence-electron chi connectivity index (χ1n) is 12.1. The van der Waals surface area contributed by atoms with Gasteiger partial charge in [0.25, 0.3) is 0 Å². The summed E-state index contributed by atoms with van der Waals surface area (Å²) in [6.45, 7) is 5.04. The number of aromatic amines is 1. The third-order valence-corrected chi connectivity index (χ3v) is 7.39. The number of aliphatic hydroxyl groups is 1. The second kappa shape index (κ2) is 9.87. The van der Waals surface area contributed by atoms with Gasteiger partial charge in [0, 0.05) is 44.8 Å². The number of ether oxygens (including phenoxy) is 1. The monoisotopic (exact) mass is 441 g/mol. The maximum absolute atomic E-state index is 13.0. The van der Waals surface area contributed by atoms with Crippen LogP contribution in [0.1, 0.15) is 37.9 Å². The molecular weight excluding hydrogens is 406 g/mol. The molecule has 0 saturated carbocycles. The molecule has 0 bridgehead atoms. The predicted molar refractivity (Wildman–Crippen MR) is 122 cm³/mol. The van der Waals surface area contributed by atoms with E-state index >= 15 is 0 Å². The molecule has 0 unspecified atom stereocenters. The van der Waals surface area contributed by atoms with Crippen LogP contribution < -0.4 is 5.32 Å². The van der Waals surface area contributed by atoms with Gasteiger partial charge in [-0.25, -0.2) is 4.98 Å². The number of carbonyl (C=O) groups is 1. The molecule has 5 rings (SSSR count). The van der Waals surface area contributed by atoms with Crippen molar-refractivity contribution in [2.24, 2.45) is 0 Å². The highest BCUT2D eigenvalue weighted by molar-refractivity contribution is 5.82. The number of para-hydroxylation sites is 2. The van der Waals surface area contributed by atoms with Crippen LogP contribution in [0.25, 0.3) is 11.0 Å². The first-order chi connectivity index (χ1) is 15.7. The number of β-amino-alcohol motifs (C(OH)–C–C–N with tert-alkyl or cyclic N) is 1. The normalized spacial score (nSPS) is 26.7. The maximum atomic E-state index is 13.0. The van der Waals surface area contributed by atoms with E-state index in [4.69, 9.17) is 4.74 Å². The zero-order valence-corrected chi connectivity index (χ0v) is 18.7. The van der Waals surface area contributed by atoms with Crippen molar-refractivity contribution in [1.82, 2.24) is 25.1 Å². The molecule has 0 radical (unpaired) electrons. The number of likely N-dealkylation sites (tertiary alicyclic amines) is 2. The lowest BCUT2D eigenvalue weighted by Gasteiger charge is -2.42. The fraction of sp³-hybridized carbons (Fsp3) is 0.667. The van der Waals surface area contributed by atoms with Gasteiger partial charge in [0.1, 0.15) is 5.82 Å². The Bertz CT molecular complexity index is 871. The van der Waals surface area contributed by atoms with Gasteiger partial charge in [-0.1, -0.05) is 12.1 Å². The Kier molecular flexibility index (Phi) is 6.73. The highest BCUT2D eigenvalue weighted by Gasteiger charge is 2.41. The molecule has 1 aromatic heterocycles. The number of carbonyl (C=O) groups excluding carboxylic acids is 1. The summed E-state index contributed by atoms with van der Waals surface area (Å²) in [6, 6.07) is 8.73. The van der Waals surface area contributed by atoms with Gasteiger partial charge in [0.2, 0.25) is 5.91 Å². The van der Waals surface area contributed by atoms with E-state index in [1.807, 2.05) is 24.3 Å². The van der Waals surface area contributed by atoms with Crippen molar-refractivity contribution in [3.63, 3.8) is 0 Å². The Morgan fingerprint density at radius 2 is 1.94 bits per heavy atom. The molecule has 0 spiro atoms. The van der Waals surface area contributed by atoms with Crippen molar-refractivity contribution in [3.8, 4) is 0 Å². The number of benzene rings is 1. The first-order valence-corrected chi connectivity index (χ1v) is 12.1. The fourth-order valence-electron chi connectivity index (χ4n) is 5.68. The lowest BCUT2D eigenvalue weighted by atomic mass is 9.98. The Hall–Kier alpha value is -2.00. The van der Waals surface area contributed by atoms with E-state index < -0.39 is 6.10 Å². The number of nitrogens with one attached hydrogen (secondary N) is 2. The van der Waals surface area contributed by atoms with Crippen LogP contribution in [0.5, 0.6) is 0 Å². The lowest BCUT2D eigenvalue weighted by molar-refractivity contribution is -0.126. The minimum atomic E-state index is -0.422. The summed E-state index contributed by atoms with van der Waals surface area (Å²) in [5, 5.41) is 13.4. The van der Waals surface area contributed by atoms with Gasteiger partial charge in [-0.2, -0.15) is 0 Å². The third kappa shape index (κ3) is 4.83. The summed E-state index contributed by atoms with van der Waals surface area (Å²) in [5.41, 5.74) is 1.97. The van der Waals surface area contributed by atoms with E-state index in [1.54, 1.807) is 0 Å². The van der Waals surface area contributed by atoms with Crippen molar-refractivity contribution in [2.45, 2.75) is 62.8 Å². The van der Waals surface area contributed by atoms with Crippen LogP contribution in [0.3, 0.4) is 0 Å². The second-order valence-electron chi connectivity index (χ2n) is 9.45. The Balaban J connectivity index is 1.12. The lowest BCUT2D eigenvalue weighted by Crippen LogP contribution is -2.53. The van der Waals surface area contributed by atoms with Gasteiger partial charge in [-0.3, -0.25) is 9.69 Å². The number of piperidine rings is 1. The highest BCUT2D eigenvalue weighted by Crippen LogP contribution is 2.28. The zero-order chi connectivity index (χ0) is 21.9. The molecule has 3 N–H and O–H groups in total. The van der Waals surface area contributed by atoms with Crippen LogP contribution in [0, 0.1) is 0 Å². The summed E-state index contributed by atoms with van der Waals surface area (Å²) in [7, 11) is 0. The number of aliphatic hydroxyl groups excluding tert-OH is 1. The average molecular weight is 442 g/mol. The van der Waals surface area contributed by atoms with Crippen LogP contribution >= 0.6 is 0 Å². The molecular formula is C24H35N5O3. The molecule has 8 nitrogen and oxygen atoms in total. The molecule has 1 amide bonds. The number of aromatic nitrogens is 2. The van der Waals surface area contributed by atoms with E-state index in [2.05, 4.69) is 25.1 Å². The Morgan fingerprint density at radius 1 is 1.16 bits per heavy atom. The van der Waals surface area contributed by atoms with Gasteiger partial charge in [-0.15, -0.1) is 0 Å². The van der Waals surface area contributed by atoms with Gasteiger partial charge in [-0.05, 0) is 57.3 Å². The molecule has 8 heteroatoms. The van der Waals surface area contributed by atoms with Crippen LogP contribution in [-0.4, -0.2) is 94.4 Å². The molecule has 0 aliphatic carbocycles. The summed E-state index contributed by atoms with van der Waals surface area (Å²) in [5.74, 6) is 0.916. The minimum Gasteiger partial charge on any atom is -0.392 e. The number of amides is 1. The fourth-order valence-corrected chi connectivity index (χ4v) is 5.68. The third-order valence-electron chi connectivity index (χ3n) is 7.39. The van der Waals surface area contributed by atoms with E-state index in [9.17, 15) is 9.90 Å². The van der Waals surface area contributed by atoms with Gasteiger partial charge < -0.3 is 25.0 Å². The summed E-state index contributed by atoms with van der Waals surface area (Å²) >= 11 is 0. The van der Waals surface area contributed by atoms with Crippen LogP contribution in [0.2, 0.25) is 0 Å². The van der Waals surface area contributed by atoms with Crippen LogP contribution in [0.4, 0.5) is 0 Å². The Morgan fingerprint density at radius 3 is 2.72 bits per heavy atom. The van der Waals surface area contributed by atoms with Crippen molar-refractivity contribution in [3.05, 3.63) is 30.1 Å². The molecule has 3 aliphatic rings. The topological polar surface area (TPSA) is 93.7 Å². The summed E-state index contributed by atoms with van der Waals surface area (Å²) in [6.07, 6.45) is 5.15. The van der Waals surface area contributed by atoms with E-state index in [0.29, 0.717) is 38.0 Å². The zero-order valence-electron chi connectivity index (χ0n) is 18.7. The summed E-state index contributed by atoms with van der Waals surface area (Å²) in [4.78, 5) is 25.8. The number of fused-ring (bicyclic) bond motifs is 1. The van der Waals surface area contributed by atoms with Crippen LogP contribution in [-0.2, 0) is 16.0 Å². The molecule has 174 valence electrons. The largest absolute Gasteiger partial charge is 0.392 e. The summed E-state index contributed by atoms with van der Waals surface area (Å²) < 4.78 is 5.51. The van der Waals surface area contributed by atoms with Gasteiger partial charge >= 0.3 is 0 Å². The number of hydrogen-bond acceptors (Lipinski definition) is 6.